The molecule has 4 heteroatoms. The zero-order chi connectivity index (χ0) is 11.5. The van der Waals surface area contributed by atoms with Crippen molar-refractivity contribution in [1.82, 2.24) is 0 Å². The highest BCUT2D eigenvalue weighted by Gasteiger charge is 2.25. The van der Waals surface area contributed by atoms with Crippen molar-refractivity contribution < 1.29 is 9.94 Å². The molecular weight excluding hydrogens is 206 g/mol. The Kier molecular flexibility index (Phi) is 3.94. The second kappa shape index (κ2) is 4.82. The van der Waals surface area contributed by atoms with Crippen molar-refractivity contribution >= 4 is 13.8 Å². The summed E-state index contributed by atoms with van der Waals surface area (Å²) in [5, 5.41) is 12.9. The van der Waals surface area contributed by atoms with Crippen LogP contribution >= 0.6 is 0 Å². The van der Waals surface area contributed by atoms with E-state index in [0.717, 1.165) is 12.1 Å². The van der Waals surface area contributed by atoms with E-state index < -0.39 is 8.07 Å². The van der Waals surface area contributed by atoms with Crippen LogP contribution in [0.5, 0.6) is 0 Å². The zero-order valence-corrected chi connectivity index (χ0v) is 10.9. The molecule has 0 aromatic heterocycles. The monoisotopic (exact) mass is 225 g/mol. The average molecular weight is 225 g/mol. The molecule has 1 aliphatic rings. The molecule has 0 unspecified atom stereocenters. The smallest absolute Gasteiger partial charge is 0.138 e. The molecule has 1 N–H and O–H groups in total. The molecule has 0 spiro atoms. The van der Waals surface area contributed by atoms with Crippen LogP contribution in [0.15, 0.2) is 5.16 Å². The summed E-state index contributed by atoms with van der Waals surface area (Å²) in [5.74, 6) is 3.21. The highest BCUT2D eigenvalue weighted by Crippen LogP contribution is 2.18. The van der Waals surface area contributed by atoms with Gasteiger partial charge in [-0.25, -0.2) is 0 Å². The summed E-state index contributed by atoms with van der Waals surface area (Å²) in [6.45, 7) is 8.68. The Balaban J connectivity index is 2.52. The molecule has 3 nitrogen and oxygen atoms in total. The van der Waals surface area contributed by atoms with Crippen LogP contribution < -0.4 is 0 Å². The first kappa shape index (κ1) is 12.3. The van der Waals surface area contributed by atoms with Gasteiger partial charge >= 0.3 is 0 Å². The lowest BCUT2D eigenvalue weighted by Crippen LogP contribution is -2.21. The Hall–Kier alpha value is -0.793. The molecule has 0 amide bonds. The minimum absolute atomic E-state index is 0.000866. The molecule has 0 aromatic rings. The van der Waals surface area contributed by atoms with Gasteiger partial charge in [0.05, 0.1) is 0 Å². The van der Waals surface area contributed by atoms with Crippen LogP contribution in [-0.2, 0) is 4.84 Å². The first-order valence-electron chi connectivity index (χ1n) is 5.29. The molecule has 0 aromatic carbocycles. The number of oxime groups is 1. The number of hydrogen-bond acceptors (Lipinski definition) is 3. The molecule has 0 fully saturated rings. The lowest BCUT2D eigenvalue weighted by molar-refractivity contribution is 0.0250. The van der Waals surface area contributed by atoms with Crippen LogP contribution in [0.25, 0.3) is 0 Å². The Labute approximate surface area is 92.5 Å². The third-order valence-electron chi connectivity index (χ3n) is 2.20. The summed E-state index contributed by atoms with van der Waals surface area (Å²) in [5.41, 5.74) is 4.08. The van der Waals surface area contributed by atoms with Gasteiger partial charge in [0.2, 0.25) is 0 Å². The van der Waals surface area contributed by atoms with Gasteiger partial charge in [0, 0.05) is 18.9 Å². The maximum absolute atomic E-state index is 8.98. The van der Waals surface area contributed by atoms with Crippen molar-refractivity contribution in [2.45, 2.75) is 39.1 Å². The lowest BCUT2D eigenvalue weighted by Gasteiger charge is -2.13. The van der Waals surface area contributed by atoms with E-state index in [1.165, 1.54) is 0 Å². The molecule has 0 aliphatic carbocycles. The van der Waals surface area contributed by atoms with Crippen LogP contribution in [0.1, 0.15) is 13.3 Å². The largest absolute Gasteiger partial charge is 0.396 e. The van der Waals surface area contributed by atoms with Gasteiger partial charge < -0.3 is 9.94 Å². The van der Waals surface area contributed by atoms with E-state index in [0.29, 0.717) is 0 Å². The summed E-state index contributed by atoms with van der Waals surface area (Å²) in [4.78, 5) is 5.22. The lowest BCUT2D eigenvalue weighted by atomic mass is 10.0. The molecule has 15 heavy (non-hydrogen) atoms. The van der Waals surface area contributed by atoms with Gasteiger partial charge in [0.1, 0.15) is 19.9 Å². The molecule has 2 atom stereocenters. The molecule has 0 radical (unpaired) electrons. The molecule has 84 valence electrons. The van der Waals surface area contributed by atoms with Crippen molar-refractivity contribution in [3.63, 3.8) is 0 Å². The van der Waals surface area contributed by atoms with Crippen molar-refractivity contribution in [1.29, 1.82) is 0 Å². The highest BCUT2D eigenvalue weighted by molar-refractivity contribution is 6.84. The second-order valence-corrected chi connectivity index (χ2v) is 9.80. The van der Waals surface area contributed by atoms with Crippen LogP contribution in [0.3, 0.4) is 0 Å². The van der Waals surface area contributed by atoms with E-state index in [9.17, 15) is 0 Å². The number of aliphatic hydroxyl groups excluding tert-OH is 1. The predicted octanol–water partition coefficient (Wildman–Crippen LogP) is 1.64. The number of rotatable bonds is 2. The van der Waals surface area contributed by atoms with Crippen LogP contribution in [0.2, 0.25) is 19.6 Å². The van der Waals surface area contributed by atoms with Crippen molar-refractivity contribution in [3.05, 3.63) is 0 Å². The van der Waals surface area contributed by atoms with Crippen LogP contribution in [-0.4, -0.2) is 31.6 Å². The topological polar surface area (TPSA) is 41.8 Å². The number of hydrogen-bond donors (Lipinski definition) is 1. The molecule has 1 aliphatic heterocycles. The summed E-state index contributed by atoms with van der Waals surface area (Å²) in [6, 6.07) is 0. The fraction of sp³-hybridized carbons (Fsp3) is 0.727. The normalized spacial score (nSPS) is 22.5. The third kappa shape index (κ3) is 4.06. The molecule has 1 heterocycles. The van der Waals surface area contributed by atoms with Gasteiger partial charge in [-0.15, -0.1) is 5.54 Å². The van der Waals surface area contributed by atoms with Gasteiger partial charge in [0.25, 0.3) is 0 Å². The third-order valence-corrected chi connectivity index (χ3v) is 3.07. The first-order valence-corrected chi connectivity index (χ1v) is 8.79. The Morgan fingerprint density at radius 3 is 2.80 bits per heavy atom. The maximum Gasteiger partial charge on any atom is 0.138 e. The van der Waals surface area contributed by atoms with Gasteiger partial charge in [-0.1, -0.05) is 37.6 Å². The van der Waals surface area contributed by atoms with Crippen molar-refractivity contribution in [2.75, 3.05) is 6.61 Å². The van der Waals surface area contributed by atoms with E-state index >= 15 is 0 Å². The first-order chi connectivity index (χ1) is 6.92. The molecular formula is C11H19NO2Si. The summed E-state index contributed by atoms with van der Waals surface area (Å²) in [6.07, 6.45) is 0.736. The Morgan fingerprint density at radius 2 is 2.27 bits per heavy atom. The molecule has 1 rings (SSSR count). The number of nitrogens with zero attached hydrogens (tertiary/aromatic N) is 1. The van der Waals surface area contributed by atoms with Gasteiger partial charge in [-0.2, -0.15) is 0 Å². The van der Waals surface area contributed by atoms with E-state index in [-0.39, 0.29) is 18.6 Å². The molecule has 0 bridgehead atoms. The molecule has 0 saturated heterocycles. The summed E-state index contributed by atoms with van der Waals surface area (Å²) < 4.78 is 0. The standard InChI is InChI=1S/C11H19NO2Si/c1-9(8-13)11-7-10(12-14-11)5-6-15(2,3)4/h9,11,13H,7-8H2,1-4H3/t9-,11+/m1/s1. The van der Waals surface area contributed by atoms with Gasteiger partial charge in [0.15, 0.2) is 0 Å². The predicted molar refractivity (Wildman–Crippen MR) is 64.3 cm³/mol. The fourth-order valence-corrected chi connectivity index (χ4v) is 1.67. The zero-order valence-electron chi connectivity index (χ0n) is 9.87. The van der Waals surface area contributed by atoms with Crippen LogP contribution in [0.4, 0.5) is 0 Å². The van der Waals surface area contributed by atoms with Gasteiger partial charge in [-0.3, -0.25) is 0 Å². The quantitative estimate of drug-likeness (QED) is 0.573. The van der Waals surface area contributed by atoms with E-state index in [4.69, 9.17) is 9.94 Å². The highest BCUT2D eigenvalue weighted by atomic mass is 28.3. The Bertz CT molecular complexity index is 309. The van der Waals surface area contributed by atoms with E-state index in [1.54, 1.807) is 0 Å². The SMILES string of the molecule is C[C@H](CO)[C@@H]1CC(C#C[Si](C)(C)C)=NO1. The fourth-order valence-electron chi connectivity index (χ4n) is 1.15. The second-order valence-electron chi connectivity index (χ2n) is 5.05. The summed E-state index contributed by atoms with van der Waals surface area (Å²) in [7, 11) is -1.33. The van der Waals surface area contributed by atoms with E-state index in [2.05, 4.69) is 36.3 Å². The minimum Gasteiger partial charge on any atom is -0.396 e. The Morgan fingerprint density at radius 1 is 1.60 bits per heavy atom. The average Bonchev–Trinajstić information content (AvgIpc) is 2.61. The van der Waals surface area contributed by atoms with Crippen molar-refractivity contribution in [3.8, 4) is 11.5 Å². The van der Waals surface area contributed by atoms with Gasteiger partial charge in [-0.05, 0) is 0 Å². The van der Waals surface area contributed by atoms with E-state index in [1.807, 2.05) is 6.92 Å². The summed E-state index contributed by atoms with van der Waals surface area (Å²) >= 11 is 0. The number of aliphatic hydroxyl groups is 1. The maximum atomic E-state index is 8.98. The minimum atomic E-state index is -1.33. The van der Waals surface area contributed by atoms with Crippen LogP contribution in [0, 0.1) is 17.4 Å². The van der Waals surface area contributed by atoms with Crippen molar-refractivity contribution in [2.24, 2.45) is 11.1 Å². The molecule has 0 saturated carbocycles.